The second-order valence-electron chi connectivity index (χ2n) is 8.84. The van der Waals surface area contributed by atoms with E-state index in [-0.39, 0.29) is 30.7 Å². The summed E-state index contributed by atoms with van der Waals surface area (Å²) >= 11 is 0. The topological polar surface area (TPSA) is 114 Å². The van der Waals surface area contributed by atoms with Crippen LogP contribution < -0.4 is 9.47 Å². The van der Waals surface area contributed by atoms with Gasteiger partial charge in [-0.05, 0) is 80.3 Å². The van der Waals surface area contributed by atoms with E-state index >= 15 is 0 Å². The number of aromatic hydroxyl groups is 1. The standard InChI is InChI=1S/C28H30N2O6.ClH/c1-15-12-25(16(2)17(3)26(15)32)36-21-10-11-22-23(14-21)30-27(29-22)18(4)35-20-8-6-19(7-9-20)13-24(31)28(33)34-5;/h6-12,14,18,24,31-32H,13H2,1-5H3,(H,29,30);1H. The smallest absolute Gasteiger partial charge is 0.335 e. The molecule has 3 aromatic carbocycles. The highest BCUT2D eigenvalue weighted by atomic mass is 35.5. The summed E-state index contributed by atoms with van der Waals surface area (Å²) in [6.45, 7) is 7.54. The first kappa shape index (κ1) is 27.8. The van der Waals surface area contributed by atoms with Crippen molar-refractivity contribution in [3.8, 4) is 23.0 Å². The molecule has 2 atom stereocenters. The molecule has 0 amide bonds. The number of benzene rings is 3. The largest absolute Gasteiger partial charge is 0.507 e. The Morgan fingerprint density at radius 3 is 2.38 bits per heavy atom. The van der Waals surface area contributed by atoms with Gasteiger partial charge < -0.3 is 29.4 Å². The van der Waals surface area contributed by atoms with E-state index in [4.69, 9.17) is 9.47 Å². The number of carbonyl (C=O) groups is 1. The lowest BCUT2D eigenvalue weighted by Gasteiger charge is -2.14. The molecule has 9 heteroatoms. The summed E-state index contributed by atoms with van der Waals surface area (Å²) in [5.41, 5.74) is 4.84. The number of nitrogens with zero attached hydrogens (tertiary/aromatic N) is 1. The maximum absolute atomic E-state index is 11.4. The van der Waals surface area contributed by atoms with E-state index in [9.17, 15) is 15.0 Å². The van der Waals surface area contributed by atoms with Gasteiger partial charge in [-0.3, -0.25) is 0 Å². The number of nitrogens with one attached hydrogen (secondary N) is 1. The van der Waals surface area contributed by atoms with Crippen LogP contribution in [0.3, 0.4) is 0 Å². The number of carbonyl (C=O) groups excluding carboxylic acids is 1. The Kier molecular flexibility index (Phi) is 8.68. The third-order valence-corrected chi connectivity index (χ3v) is 6.23. The number of aromatic nitrogens is 2. The Bertz CT molecular complexity index is 1400. The van der Waals surface area contributed by atoms with Crippen molar-refractivity contribution in [1.29, 1.82) is 0 Å². The van der Waals surface area contributed by atoms with Crippen LogP contribution in [0.4, 0.5) is 0 Å². The van der Waals surface area contributed by atoms with Crippen LogP contribution in [-0.2, 0) is 16.0 Å². The predicted molar refractivity (Wildman–Crippen MR) is 143 cm³/mol. The molecule has 196 valence electrons. The number of aryl methyl sites for hydroxylation is 1. The Hall–Kier alpha value is -3.75. The van der Waals surface area contributed by atoms with Crippen LogP contribution in [0.15, 0.2) is 48.5 Å². The zero-order valence-electron chi connectivity index (χ0n) is 21.4. The summed E-state index contributed by atoms with van der Waals surface area (Å²) in [7, 11) is 1.24. The fourth-order valence-electron chi connectivity index (χ4n) is 3.94. The molecule has 4 rings (SSSR count). The Morgan fingerprint density at radius 1 is 1.03 bits per heavy atom. The summed E-state index contributed by atoms with van der Waals surface area (Å²) < 4.78 is 16.7. The minimum atomic E-state index is -1.20. The highest BCUT2D eigenvalue weighted by molar-refractivity contribution is 5.85. The minimum absolute atomic E-state index is 0. The molecule has 0 saturated heterocycles. The normalized spacial score (nSPS) is 12.5. The van der Waals surface area contributed by atoms with Crippen molar-refractivity contribution in [2.24, 2.45) is 0 Å². The van der Waals surface area contributed by atoms with E-state index < -0.39 is 12.1 Å². The van der Waals surface area contributed by atoms with Crippen LogP contribution in [0, 0.1) is 20.8 Å². The van der Waals surface area contributed by atoms with Gasteiger partial charge in [0, 0.05) is 12.5 Å². The molecule has 1 heterocycles. The predicted octanol–water partition coefficient (Wildman–Crippen LogP) is 5.62. The van der Waals surface area contributed by atoms with Crippen LogP contribution in [0.2, 0.25) is 0 Å². The maximum atomic E-state index is 11.4. The van der Waals surface area contributed by atoms with E-state index in [1.807, 2.05) is 52.0 Å². The van der Waals surface area contributed by atoms with Crippen LogP contribution in [0.25, 0.3) is 11.0 Å². The molecule has 0 saturated carbocycles. The summed E-state index contributed by atoms with van der Waals surface area (Å²) in [5.74, 6) is 2.28. The summed E-state index contributed by atoms with van der Waals surface area (Å²) in [5, 5.41) is 20.0. The van der Waals surface area contributed by atoms with Crippen LogP contribution in [-0.4, -0.2) is 39.4 Å². The number of rotatable bonds is 8. The molecule has 3 N–H and O–H groups in total. The van der Waals surface area contributed by atoms with Gasteiger partial charge in [0.05, 0.1) is 18.1 Å². The number of esters is 1. The third kappa shape index (κ3) is 6.15. The molecule has 8 nitrogen and oxygen atoms in total. The fraction of sp³-hybridized carbons (Fsp3) is 0.286. The number of halogens is 1. The van der Waals surface area contributed by atoms with E-state index in [2.05, 4.69) is 14.7 Å². The van der Waals surface area contributed by atoms with Crippen molar-refractivity contribution in [3.63, 3.8) is 0 Å². The molecule has 0 bridgehead atoms. The SMILES string of the molecule is COC(=O)C(O)Cc1ccc(OC(C)c2nc3ccc(Oc4cc(C)c(O)c(C)c4C)cc3[nH]2)cc1.Cl. The van der Waals surface area contributed by atoms with E-state index in [1.165, 1.54) is 7.11 Å². The lowest BCUT2D eigenvalue weighted by Crippen LogP contribution is -2.24. The highest BCUT2D eigenvalue weighted by Gasteiger charge is 2.17. The van der Waals surface area contributed by atoms with E-state index in [0.29, 0.717) is 23.1 Å². The molecule has 1 aromatic heterocycles. The second kappa shape index (κ2) is 11.5. The monoisotopic (exact) mass is 526 g/mol. The van der Waals surface area contributed by atoms with Crippen molar-refractivity contribution in [2.75, 3.05) is 7.11 Å². The average Bonchev–Trinajstić information content (AvgIpc) is 3.30. The van der Waals surface area contributed by atoms with Gasteiger partial charge in [0.1, 0.15) is 28.8 Å². The van der Waals surface area contributed by atoms with E-state index in [0.717, 1.165) is 33.3 Å². The number of imidazole rings is 1. The first-order valence-corrected chi connectivity index (χ1v) is 11.6. The number of aromatic amines is 1. The molecule has 37 heavy (non-hydrogen) atoms. The van der Waals surface area contributed by atoms with Gasteiger partial charge in [-0.1, -0.05) is 12.1 Å². The number of aliphatic hydroxyl groups is 1. The molecule has 0 aliphatic carbocycles. The van der Waals surface area contributed by atoms with Crippen LogP contribution in [0.1, 0.15) is 41.1 Å². The molecular weight excluding hydrogens is 496 g/mol. The van der Waals surface area contributed by atoms with Gasteiger partial charge >= 0.3 is 5.97 Å². The number of phenols is 1. The van der Waals surface area contributed by atoms with Gasteiger partial charge in [-0.15, -0.1) is 12.4 Å². The van der Waals surface area contributed by atoms with Crippen molar-refractivity contribution in [2.45, 2.75) is 46.3 Å². The van der Waals surface area contributed by atoms with Gasteiger partial charge in [0.2, 0.25) is 0 Å². The zero-order valence-corrected chi connectivity index (χ0v) is 22.2. The highest BCUT2D eigenvalue weighted by Crippen LogP contribution is 2.35. The molecule has 0 aliphatic heterocycles. The Labute approximate surface area is 221 Å². The van der Waals surface area contributed by atoms with Crippen LogP contribution >= 0.6 is 12.4 Å². The summed E-state index contributed by atoms with van der Waals surface area (Å²) in [6, 6.07) is 14.6. The molecule has 0 spiro atoms. The third-order valence-electron chi connectivity index (χ3n) is 6.23. The maximum Gasteiger partial charge on any atom is 0.335 e. The number of ether oxygens (including phenoxy) is 3. The summed E-state index contributed by atoms with van der Waals surface area (Å²) in [6.07, 6.45) is -1.38. The number of hydrogen-bond donors (Lipinski definition) is 3. The number of phenolic OH excluding ortho intramolecular Hbond substituents is 1. The van der Waals surface area contributed by atoms with Gasteiger partial charge in [0.15, 0.2) is 12.2 Å². The number of fused-ring (bicyclic) bond motifs is 1. The lowest BCUT2D eigenvalue weighted by atomic mass is 10.0. The summed E-state index contributed by atoms with van der Waals surface area (Å²) in [4.78, 5) is 19.4. The molecule has 2 unspecified atom stereocenters. The number of hydrogen-bond acceptors (Lipinski definition) is 7. The van der Waals surface area contributed by atoms with Gasteiger partial charge in [-0.2, -0.15) is 0 Å². The Balaban J connectivity index is 0.00000380. The molecule has 0 radical (unpaired) electrons. The fourth-order valence-corrected chi connectivity index (χ4v) is 3.94. The van der Waals surface area contributed by atoms with Crippen molar-refractivity contribution in [3.05, 3.63) is 76.6 Å². The molecular formula is C28H31ClN2O6. The number of aliphatic hydroxyl groups excluding tert-OH is 1. The molecule has 4 aromatic rings. The number of H-pyrrole nitrogens is 1. The average molecular weight is 527 g/mol. The van der Waals surface area contributed by atoms with Gasteiger partial charge in [-0.25, -0.2) is 9.78 Å². The first-order chi connectivity index (χ1) is 17.2. The zero-order chi connectivity index (χ0) is 26.0. The lowest BCUT2D eigenvalue weighted by molar-refractivity contribution is -0.150. The second-order valence-corrected chi connectivity index (χ2v) is 8.84. The molecule has 0 aliphatic rings. The molecule has 0 fully saturated rings. The van der Waals surface area contributed by atoms with Crippen molar-refractivity contribution < 1.29 is 29.2 Å². The van der Waals surface area contributed by atoms with E-state index in [1.54, 1.807) is 24.3 Å². The van der Waals surface area contributed by atoms with Crippen molar-refractivity contribution in [1.82, 2.24) is 9.97 Å². The van der Waals surface area contributed by atoms with Crippen molar-refractivity contribution >= 4 is 29.4 Å². The Morgan fingerprint density at radius 2 is 1.70 bits per heavy atom. The number of methoxy groups -OCH3 is 1. The first-order valence-electron chi connectivity index (χ1n) is 11.6. The minimum Gasteiger partial charge on any atom is -0.507 e. The quantitative estimate of drug-likeness (QED) is 0.255. The van der Waals surface area contributed by atoms with Crippen LogP contribution in [0.5, 0.6) is 23.0 Å². The van der Waals surface area contributed by atoms with Gasteiger partial charge in [0.25, 0.3) is 0 Å².